The molecule has 8 nitrogen and oxygen atoms in total. The predicted molar refractivity (Wildman–Crippen MR) is 142 cm³/mol. The van der Waals surface area contributed by atoms with Crippen LogP contribution < -0.4 is 10.6 Å². The van der Waals surface area contributed by atoms with Gasteiger partial charge in [-0.25, -0.2) is 9.07 Å². The lowest BCUT2D eigenvalue weighted by Crippen LogP contribution is -2.38. The summed E-state index contributed by atoms with van der Waals surface area (Å²) in [5, 5.41) is 19.9. The molecular weight excluding hydrogens is 509 g/mol. The number of carbonyl (C=O) groups excluding carboxylic acids is 2. The Morgan fingerprint density at radius 3 is 2.42 bits per heavy atom. The van der Waals surface area contributed by atoms with E-state index in [0.29, 0.717) is 37.1 Å². The Morgan fingerprint density at radius 1 is 0.974 bits per heavy atom. The number of anilines is 1. The van der Waals surface area contributed by atoms with Gasteiger partial charge >= 0.3 is 0 Å². The van der Waals surface area contributed by atoms with Gasteiger partial charge in [0.1, 0.15) is 11.6 Å². The van der Waals surface area contributed by atoms with Gasteiger partial charge in [-0.2, -0.15) is 5.10 Å². The predicted octanol–water partition coefficient (Wildman–Crippen LogP) is 5.01. The highest BCUT2D eigenvalue weighted by Gasteiger charge is 2.24. The molecule has 10 heteroatoms. The second-order valence-corrected chi connectivity index (χ2v) is 9.53. The zero-order chi connectivity index (χ0) is 26.6. The molecule has 0 bridgehead atoms. The first kappa shape index (κ1) is 25.6. The SMILES string of the molecule is O=C(NC1CCC(O)CC1)c1cc(NC(=O)c2cc(-c3ccccn3)c(F)cc2Cl)n(-c2ccccc2)n1. The molecule has 2 aromatic heterocycles. The van der Waals surface area contributed by atoms with E-state index < -0.39 is 11.7 Å². The Kier molecular flexibility index (Phi) is 7.48. The second-order valence-electron chi connectivity index (χ2n) is 9.12. The number of carbonyl (C=O) groups is 2. The largest absolute Gasteiger partial charge is 0.393 e. The van der Waals surface area contributed by atoms with Crippen molar-refractivity contribution >= 4 is 29.2 Å². The van der Waals surface area contributed by atoms with Crippen molar-refractivity contribution in [2.75, 3.05) is 5.32 Å². The monoisotopic (exact) mass is 533 g/mol. The fraction of sp³-hybridized carbons (Fsp3) is 0.214. The summed E-state index contributed by atoms with van der Waals surface area (Å²) in [5.41, 5.74) is 1.28. The molecule has 3 N–H and O–H groups in total. The average Bonchev–Trinajstić information content (AvgIpc) is 3.35. The molecule has 194 valence electrons. The Balaban J connectivity index is 1.44. The summed E-state index contributed by atoms with van der Waals surface area (Å²) in [6.07, 6.45) is 3.81. The number of hydrogen-bond donors (Lipinski definition) is 3. The molecule has 0 spiro atoms. The molecule has 2 amide bonds. The van der Waals surface area contributed by atoms with Gasteiger partial charge in [0.05, 0.1) is 28.1 Å². The van der Waals surface area contributed by atoms with E-state index in [9.17, 15) is 19.1 Å². The zero-order valence-electron chi connectivity index (χ0n) is 20.3. The molecule has 1 aliphatic rings. The summed E-state index contributed by atoms with van der Waals surface area (Å²) in [6, 6.07) is 18.0. The maximum absolute atomic E-state index is 14.7. The van der Waals surface area contributed by atoms with Crippen LogP contribution in [-0.2, 0) is 0 Å². The highest BCUT2D eigenvalue weighted by atomic mass is 35.5. The molecule has 5 rings (SSSR count). The van der Waals surface area contributed by atoms with Gasteiger partial charge in [0.2, 0.25) is 0 Å². The summed E-state index contributed by atoms with van der Waals surface area (Å²) >= 11 is 6.26. The number of para-hydroxylation sites is 1. The third-order valence-electron chi connectivity index (χ3n) is 6.46. The van der Waals surface area contributed by atoms with E-state index in [4.69, 9.17) is 11.6 Å². The van der Waals surface area contributed by atoms with Crippen LogP contribution in [0.3, 0.4) is 0 Å². The third-order valence-corrected chi connectivity index (χ3v) is 6.77. The summed E-state index contributed by atoms with van der Waals surface area (Å²) in [7, 11) is 0. The van der Waals surface area contributed by atoms with Crippen LogP contribution >= 0.6 is 11.6 Å². The fourth-order valence-corrected chi connectivity index (χ4v) is 4.69. The minimum absolute atomic E-state index is 0.0429. The van der Waals surface area contributed by atoms with E-state index >= 15 is 0 Å². The highest BCUT2D eigenvalue weighted by Crippen LogP contribution is 2.29. The number of aliphatic hydroxyl groups is 1. The van der Waals surface area contributed by atoms with Crippen molar-refractivity contribution in [3.05, 3.63) is 95.0 Å². The molecule has 0 radical (unpaired) electrons. The number of halogens is 2. The maximum atomic E-state index is 14.7. The van der Waals surface area contributed by atoms with Crippen molar-refractivity contribution in [3.63, 3.8) is 0 Å². The van der Waals surface area contributed by atoms with Crippen molar-refractivity contribution < 1.29 is 19.1 Å². The lowest BCUT2D eigenvalue weighted by atomic mass is 9.93. The van der Waals surface area contributed by atoms with Crippen LogP contribution in [0.2, 0.25) is 5.02 Å². The van der Waals surface area contributed by atoms with Gasteiger partial charge in [-0.15, -0.1) is 0 Å². The molecule has 0 unspecified atom stereocenters. The number of aliphatic hydroxyl groups excluding tert-OH is 1. The molecule has 4 aromatic rings. The molecule has 2 heterocycles. The van der Waals surface area contributed by atoms with Crippen molar-refractivity contribution in [1.29, 1.82) is 0 Å². The molecule has 2 aromatic carbocycles. The number of rotatable bonds is 6. The quantitative estimate of drug-likeness (QED) is 0.323. The number of pyridine rings is 1. The third kappa shape index (κ3) is 5.58. The molecular formula is C28H25ClFN5O3. The first-order valence-electron chi connectivity index (χ1n) is 12.3. The standard InChI is InChI=1S/C28H25ClFN5O3/c29-22-15-23(30)21(24-8-4-5-13-31-24)14-20(22)27(37)33-26-16-25(34-35(26)18-6-2-1-3-7-18)28(38)32-17-9-11-19(36)12-10-17/h1-8,13-17,19,36H,9-12H2,(H,32,38)(H,33,37). The van der Waals surface area contributed by atoms with Crippen LogP contribution in [0.25, 0.3) is 16.9 Å². The number of hydrogen-bond acceptors (Lipinski definition) is 5. The Bertz CT molecular complexity index is 1450. The van der Waals surface area contributed by atoms with Gasteiger partial charge in [-0.1, -0.05) is 35.9 Å². The Morgan fingerprint density at radius 2 is 1.71 bits per heavy atom. The van der Waals surface area contributed by atoms with Crippen molar-refractivity contribution in [3.8, 4) is 16.9 Å². The Hall–Kier alpha value is -4.08. The van der Waals surface area contributed by atoms with Crippen molar-refractivity contribution in [2.45, 2.75) is 37.8 Å². The van der Waals surface area contributed by atoms with Gasteiger partial charge in [0.15, 0.2) is 5.69 Å². The number of nitrogens with zero attached hydrogens (tertiary/aromatic N) is 3. The fourth-order valence-electron chi connectivity index (χ4n) is 4.45. The highest BCUT2D eigenvalue weighted by molar-refractivity contribution is 6.34. The van der Waals surface area contributed by atoms with Crippen LogP contribution in [0.1, 0.15) is 46.5 Å². The van der Waals surface area contributed by atoms with Crippen LogP contribution in [0.15, 0.2) is 72.9 Å². The van der Waals surface area contributed by atoms with Crippen molar-refractivity contribution in [1.82, 2.24) is 20.1 Å². The van der Waals surface area contributed by atoms with Crippen LogP contribution in [0.4, 0.5) is 10.2 Å². The summed E-state index contributed by atoms with van der Waals surface area (Å²) in [4.78, 5) is 30.5. The van der Waals surface area contributed by atoms with E-state index in [1.54, 1.807) is 30.3 Å². The van der Waals surface area contributed by atoms with Crippen LogP contribution in [0, 0.1) is 5.82 Å². The van der Waals surface area contributed by atoms with E-state index in [1.165, 1.54) is 23.0 Å². The van der Waals surface area contributed by atoms with E-state index in [1.807, 2.05) is 18.2 Å². The van der Waals surface area contributed by atoms with E-state index in [-0.39, 0.29) is 45.7 Å². The normalized spacial score (nSPS) is 17.1. The first-order chi connectivity index (χ1) is 18.4. The molecule has 0 saturated heterocycles. The first-order valence-corrected chi connectivity index (χ1v) is 12.6. The van der Waals surface area contributed by atoms with Gasteiger partial charge in [-0.05, 0) is 62.1 Å². The Labute approximate surface area is 223 Å². The van der Waals surface area contributed by atoms with Gasteiger partial charge in [-0.3, -0.25) is 14.6 Å². The molecule has 1 saturated carbocycles. The van der Waals surface area contributed by atoms with Crippen LogP contribution in [-0.4, -0.2) is 43.8 Å². The van der Waals surface area contributed by atoms with E-state index in [0.717, 1.165) is 6.07 Å². The minimum atomic E-state index is -0.603. The van der Waals surface area contributed by atoms with Gasteiger partial charge in [0.25, 0.3) is 11.8 Å². The lowest BCUT2D eigenvalue weighted by Gasteiger charge is -2.25. The van der Waals surface area contributed by atoms with E-state index in [2.05, 4.69) is 20.7 Å². The van der Waals surface area contributed by atoms with Crippen molar-refractivity contribution in [2.24, 2.45) is 0 Å². The van der Waals surface area contributed by atoms with Gasteiger partial charge in [0, 0.05) is 23.9 Å². The zero-order valence-corrected chi connectivity index (χ0v) is 21.0. The molecule has 38 heavy (non-hydrogen) atoms. The molecule has 0 atom stereocenters. The van der Waals surface area contributed by atoms with Crippen LogP contribution in [0.5, 0.6) is 0 Å². The summed E-state index contributed by atoms with van der Waals surface area (Å²) in [5.74, 6) is -1.34. The second kappa shape index (κ2) is 11.1. The smallest absolute Gasteiger partial charge is 0.272 e. The number of amides is 2. The lowest BCUT2D eigenvalue weighted by molar-refractivity contribution is 0.0862. The number of aromatic nitrogens is 3. The average molecular weight is 534 g/mol. The maximum Gasteiger partial charge on any atom is 0.272 e. The summed E-state index contributed by atoms with van der Waals surface area (Å²) < 4.78 is 16.1. The number of nitrogens with one attached hydrogen (secondary N) is 2. The van der Waals surface area contributed by atoms with Gasteiger partial charge < -0.3 is 15.7 Å². The molecule has 1 fully saturated rings. The summed E-state index contributed by atoms with van der Waals surface area (Å²) in [6.45, 7) is 0. The topological polar surface area (TPSA) is 109 Å². The molecule has 0 aliphatic heterocycles. The molecule has 1 aliphatic carbocycles. The number of benzene rings is 2. The minimum Gasteiger partial charge on any atom is -0.393 e.